The van der Waals surface area contributed by atoms with Gasteiger partial charge >= 0.3 is 85.3 Å². The molecule has 0 aliphatic heterocycles. The first-order chi connectivity index (χ1) is 5.61. The number of alkyl halides is 1. The summed E-state index contributed by atoms with van der Waals surface area (Å²) in [5.41, 5.74) is 1.30. The Balaban J connectivity index is 2.96. The van der Waals surface area contributed by atoms with Crippen molar-refractivity contribution in [1.29, 1.82) is 0 Å². The Hall–Kier alpha value is 0.115. The summed E-state index contributed by atoms with van der Waals surface area (Å²) in [6, 6.07) is 8.42. The quantitative estimate of drug-likeness (QED) is 0.403. The van der Waals surface area contributed by atoms with E-state index < -0.39 is 0 Å². The van der Waals surface area contributed by atoms with Crippen molar-refractivity contribution in [2.24, 2.45) is 0 Å². The van der Waals surface area contributed by atoms with Gasteiger partial charge in [0.25, 0.3) is 0 Å². The van der Waals surface area contributed by atoms with Gasteiger partial charge in [0, 0.05) is 0 Å². The van der Waals surface area contributed by atoms with E-state index in [-0.39, 0.29) is 10.1 Å². The van der Waals surface area contributed by atoms with E-state index in [1.54, 1.807) is 0 Å². The number of halogens is 1. The van der Waals surface area contributed by atoms with Crippen LogP contribution in [0.25, 0.3) is 0 Å². The van der Waals surface area contributed by atoms with Crippen LogP contribution >= 0.6 is 15.9 Å². The van der Waals surface area contributed by atoms with Gasteiger partial charge in [0.1, 0.15) is 0 Å². The number of rotatable bonds is 1. The van der Waals surface area contributed by atoms with Crippen LogP contribution in [0.1, 0.15) is 17.3 Å². The molecule has 0 heterocycles. The Morgan fingerprint density at radius 3 is 2.17 bits per heavy atom. The molecule has 0 saturated carbocycles. The van der Waals surface area contributed by atoms with E-state index >= 15 is 0 Å². The molecule has 1 rings (SSSR count). The van der Waals surface area contributed by atoms with E-state index in [4.69, 9.17) is 6.53 Å². The Labute approximate surface area is 85.3 Å². The van der Waals surface area contributed by atoms with Gasteiger partial charge in [-0.1, -0.05) is 0 Å². The van der Waals surface area contributed by atoms with Crippen molar-refractivity contribution < 1.29 is 0 Å². The third kappa shape index (κ3) is 2.56. The minimum atomic E-state index is -0.116. The van der Waals surface area contributed by atoms with Crippen molar-refractivity contribution in [2.75, 3.05) is 6.26 Å². The molecule has 1 aromatic carbocycles. The van der Waals surface area contributed by atoms with E-state index in [9.17, 15) is 0 Å². The molecule has 0 nitrogen and oxygen atoms in total. The molecule has 0 aliphatic carbocycles. The third-order valence-electron chi connectivity index (χ3n) is 1.71. The maximum absolute atomic E-state index is 5.76. The van der Waals surface area contributed by atoms with Gasteiger partial charge in [0.05, 0.1) is 0 Å². The van der Waals surface area contributed by atoms with Crippen molar-refractivity contribution in [1.82, 2.24) is 0 Å². The molecule has 1 unspecified atom stereocenters. The molecule has 1 aromatic rings. The molecule has 0 aliphatic rings. The average Bonchev–Trinajstić information content (AvgIpc) is 2.04. The van der Waals surface area contributed by atoms with Gasteiger partial charge in [0.15, 0.2) is 0 Å². The molecule has 12 heavy (non-hydrogen) atoms. The Kier molecular flexibility index (Phi) is 3.72. The van der Waals surface area contributed by atoms with E-state index in [1.807, 2.05) is 6.26 Å². The molecule has 64 valence electrons. The first kappa shape index (κ1) is 10.2. The SMILES string of the molecule is B#[S-](C)c1ccc(C(C)Br)cc1. The zero-order valence-electron chi connectivity index (χ0n) is 7.25. The van der Waals surface area contributed by atoms with E-state index in [0.29, 0.717) is 4.83 Å². The molecule has 0 bridgehead atoms. The molecule has 1 atom stereocenters. The zero-order chi connectivity index (χ0) is 9.14. The fourth-order valence-electron chi connectivity index (χ4n) is 0.948. The van der Waals surface area contributed by atoms with E-state index in [2.05, 4.69) is 47.1 Å². The van der Waals surface area contributed by atoms with E-state index in [0.717, 1.165) is 0 Å². The summed E-state index contributed by atoms with van der Waals surface area (Å²) >= 11 is 3.52. The van der Waals surface area contributed by atoms with Crippen LogP contribution < -0.4 is 0 Å². The molecule has 0 fully saturated rings. The van der Waals surface area contributed by atoms with Crippen LogP contribution in [0.4, 0.5) is 0 Å². The van der Waals surface area contributed by atoms with Crippen LogP contribution in [-0.4, -0.2) is 12.8 Å². The van der Waals surface area contributed by atoms with Crippen LogP contribution in [0.2, 0.25) is 0 Å². The van der Waals surface area contributed by atoms with Crippen molar-refractivity contribution >= 4 is 32.6 Å². The second-order valence-electron chi connectivity index (χ2n) is 2.74. The van der Waals surface area contributed by atoms with Gasteiger partial charge < -0.3 is 0 Å². The van der Waals surface area contributed by atoms with Gasteiger partial charge in [-0.05, 0) is 0 Å². The fraction of sp³-hybridized carbons (Fsp3) is 0.333. The van der Waals surface area contributed by atoms with Gasteiger partial charge in [-0.3, -0.25) is 0 Å². The average molecular weight is 242 g/mol. The Morgan fingerprint density at radius 1 is 1.33 bits per heavy atom. The molecule has 0 N–H and O–H groups in total. The molecular weight excluding hydrogens is 231 g/mol. The van der Waals surface area contributed by atoms with Crippen molar-refractivity contribution in [2.45, 2.75) is 16.6 Å². The number of hydrogen-bond donors (Lipinski definition) is 0. The van der Waals surface area contributed by atoms with Crippen LogP contribution in [0.5, 0.6) is 0 Å². The maximum atomic E-state index is 5.76. The summed E-state index contributed by atoms with van der Waals surface area (Å²) < 4.78 is 0. The first-order valence-corrected chi connectivity index (χ1v) is 6.37. The van der Waals surface area contributed by atoms with Gasteiger partial charge in [-0.15, -0.1) is 0 Å². The third-order valence-corrected chi connectivity index (χ3v) is 3.26. The van der Waals surface area contributed by atoms with Crippen LogP contribution in [0.3, 0.4) is 0 Å². The predicted molar refractivity (Wildman–Crippen MR) is 61.1 cm³/mol. The number of benzene rings is 1. The van der Waals surface area contributed by atoms with E-state index in [1.165, 1.54) is 10.5 Å². The summed E-state index contributed by atoms with van der Waals surface area (Å²) in [7, 11) is -0.116. The summed E-state index contributed by atoms with van der Waals surface area (Å²) in [5, 5.41) is 0. The standard InChI is InChI=1S/C9H11BBrS/c1-7(11)8-3-5-9(6-4-8)12(2)10/h3-7H,1-2H3/q-1. The minimum absolute atomic E-state index is 0.116. The van der Waals surface area contributed by atoms with Crippen molar-refractivity contribution in [3.05, 3.63) is 29.8 Å². The van der Waals surface area contributed by atoms with Gasteiger partial charge in [-0.25, -0.2) is 0 Å². The molecule has 0 amide bonds. The van der Waals surface area contributed by atoms with Crippen LogP contribution in [-0.2, 0) is 10.1 Å². The zero-order valence-corrected chi connectivity index (χ0v) is 9.65. The fourth-order valence-corrected chi connectivity index (χ4v) is 1.82. The summed E-state index contributed by atoms with van der Waals surface area (Å²) in [5.74, 6) is 0. The Bertz CT molecular complexity index is 321. The van der Waals surface area contributed by atoms with Crippen LogP contribution in [0.15, 0.2) is 29.2 Å². The molecule has 0 radical (unpaired) electrons. The molecular formula is C9H11BBrS-. The second-order valence-corrected chi connectivity index (χ2v) is 5.70. The molecule has 0 aromatic heterocycles. The summed E-state index contributed by atoms with van der Waals surface area (Å²) in [4.78, 5) is 1.63. The summed E-state index contributed by atoms with van der Waals surface area (Å²) in [6.45, 7) is 7.87. The van der Waals surface area contributed by atoms with Crippen molar-refractivity contribution in [3.63, 3.8) is 0 Å². The normalized spacial score (nSPS) is 13.5. The first-order valence-electron chi connectivity index (χ1n) is 3.75. The molecule has 0 saturated heterocycles. The molecule has 0 spiro atoms. The monoisotopic (exact) mass is 241 g/mol. The van der Waals surface area contributed by atoms with Gasteiger partial charge in [-0.2, -0.15) is 0 Å². The van der Waals surface area contributed by atoms with Gasteiger partial charge in [0.2, 0.25) is 0 Å². The second kappa shape index (κ2) is 4.38. The molecule has 3 heteroatoms. The van der Waals surface area contributed by atoms with Crippen LogP contribution in [0, 0.1) is 0 Å². The summed E-state index contributed by atoms with van der Waals surface area (Å²) in [6.07, 6.45) is 2.02. The topological polar surface area (TPSA) is 0 Å². The Morgan fingerprint density at radius 2 is 1.83 bits per heavy atom. The predicted octanol–water partition coefficient (Wildman–Crippen LogP) is 2.83. The number of hydrogen-bond acceptors (Lipinski definition) is 1. The van der Waals surface area contributed by atoms with Crippen molar-refractivity contribution in [3.8, 4) is 0 Å².